The van der Waals surface area contributed by atoms with Gasteiger partial charge < -0.3 is 15.5 Å². The monoisotopic (exact) mass is 330 g/mol. The standard InChI is InChI=1S/C16H34N4OS/c1-13(8-9-16(2,3)4)19-15(17-10-11-22-7)18-12-14(21)20(5)6/h13H,8-12H2,1-7H3,(H2,17,18,19). The van der Waals surface area contributed by atoms with Crippen LogP contribution in [0.25, 0.3) is 0 Å². The fraction of sp³-hybridized carbons (Fsp3) is 0.875. The van der Waals surface area contributed by atoms with Crippen LogP contribution in [0.1, 0.15) is 40.5 Å². The highest BCUT2D eigenvalue weighted by atomic mass is 32.2. The van der Waals surface area contributed by atoms with Gasteiger partial charge in [-0.2, -0.15) is 11.8 Å². The molecule has 0 aromatic rings. The molecule has 130 valence electrons. The SMILES string of the molecule is CSCCNC(=NCC(=O)N(C)C)NC(C)CCC(C)(C)C. The Balaban J connectivity index is 4.50. The third-order valence-corrected chi connectivity index (χ3v) is 3.79. The summed E-state index contributed by atoms with van der Waals surface area (Å²) in [5.74, 6) is 1.75. The van der Waals surface area contributed by atoms with Crippen LogP contribution < -0.4 is 10.6 Å². The van der Waals surface area contributed by atoms with Gasteiger partial charge in [0.25, 0.3) is 0 Å². The third-order valence-electron chi connectivity index (χ3n) is 3.18. The number of guanidine groups is 1. The minimum Gasteiger partial charge on any atom is -0.356 e. The van der Waals surface area contributed by atoms with Crippen molar-refractivity contribution in [3.63, 3.8) is 0 Å². The summed E-state index contributed by atoms with van der Waals surface area (Å²) in [5.41, 5.74) is 0.334. The largest absolute Gasteiger partial charge is 0.356 e. The van der Waals surface area contributed by atoms with Crippen molar-refractivity contribution in [1.29, 1.82) is 0 Å². The van der Waals surface area contributed by atoms with E-state index < -0.39 is 0 Å². The molecule has 1 unspecified atom stereocenters. The fourth-order valence-corrected chi connectivity index (χ4v) is 1.97. The summed E-state index contributed by atoms with van der Waals surface area (Å²) >= 11 is 1.78. The first-order valence-corrected chi connectivity index (χ1v) is 9.29. The van der Waals surface area contributed by atoms with Crippen LogP contribution in [0.4, 0.5) is 0 Å². The molecule has 2 N–H and O–H groups in total. The molecule has 0 rings (SSSR count). The van der Waals surface area contributed by atoms with E-state index in [2.05, 4.69) is 49.6 Å². The van der Waals surface area contributed by atoms with Gasteiger partial charge in [0.2, 0.25) is 5.91 Å². The first kappa shape index (κ1) is 21.1. The molecule has 0 aromatic heterocycles. The van der Waals surface area contributed by atoms with Gasteiger partial charge in [0, 0.05) is 32.4 Å². The maximum Gasteiger partial charge on any atom is 0.243 e. The summed E-state index contributed by atoms with van der Waals surface area (Å²) in [5, 5.41) is 6.69. The Morgan fingerprint density at radius 3 is 2.45 bits per heavy atom. The highest BCUT2D eigenvalue weighted by Crippen LogP contribution is 2.21. The molecule has 0 heterocycles. The van der Waals surface area contributed by atoms with Crippen LogP contribution in [0.3, 0.4) is 0 Å². The lowest BCUT2D eigenvalue weighted by molar-refractivity contribution is -0.127. The van der Waals surface area contributed by atoms with E-state index in [4.69, 9.17) is 0 Å². The molecule has 22 heavy (non-hydrogen) atoms. The number of carbonyl (C=O) groups excluding carboxylic acids is 1. The van der Waals surface area contributed by atoms with Crippen LogP contribution in [-0.2, 0) is 4.79 Å². The number of nitrogens with one attached hydrogen (secondary N) is 2. The molecule has 1 atom stereocenters. The van der Waals surface area contributed by atoms with Gasteiger partial charge in [0.15, 0.2) is 5.96 Å². The number of hydrogen-bond acceptors (Lipinski definition) is 3. The topological polar surface area (TPSA) is 56.7 Å². The number of hydrogen-bond donors (Lipinski definition) is 2. The number of likely N-dealkylation sites (N-methyl/N-ethyl adjacent to an activating group) is 1. The molecule has 0 saturated heterocycles. The minimum absolute atomic E-state index is 0.00770. The predicted molar refractivity (Wildman–Crippen MR) is 98.7 cm³/mol. The quantitative estimate of drug-likeness (QED) is 0.407. The lowest BCUT2D eigenvalue weighted by atomic mass is 9.89. The van der Waals surface area contributed by atoms with Gasteiger partial charge in [0.05, 0.1) is 0 Å². The Morgan fingerprint density at radius 1 is 1.32 bits per heavy atom. The van der Waals surface area contributed by atoms with Crippen molar-refractivity contribution in [2.24, 2.45) is 10.4 Å². The van der Waals surface area contributed by atoms with Gasteiger partial charge in [0.1, 0.15) is 6.54 Å². The van der Waals surface area contributed by atoms with E-state index in [9.17, 15) is 4.79 Å². The molecule has 0 spiro atoms. The number of rotatable bonds is 8. The van der Waals surface area contributed by atoms with Crippen molar-refractivity contribution in [3.8, 4) is 0 Å². The van der Waals surface area contributed by atoms with Crippen molar-refractivity contribution in [1.82, 2.24) is 15.5 Å². The first-order chi connectivity index (χ1) is 10.2. The molecular weight excluding hydrogens is 296 g/mol. The summed E-state index contributed by atoms with van der Waals surface area (Å²) in [4.78, 5) is 17.6. The van der Waals surface area contributed by atoms with Crippen LogP contribution in [0.5, 0.6) is 0 Å². The zero-order chi connectivity index (χ0) is 17.2. The van der Waals surface area contributed by atoms with Crippen LogP contribution in [0, 0.1) is 5.41 Å². The maximum absolute atomic E-state index is 11.7. The second kappa shape index (κ2) is 10.8. The van der Waals surface area contributed by atoms with Crippen molar-refractivity contribution < 1.29 is 4.79 Å². The Labute approximate surface area is 140 Å². The smallest absolute Gasteiger partial charge is 0.243 e. The molecule has 0 saturated carbocycles. The number of thioether (sulfide) groups is 1. The Morgan fingerprint density at radius 2 is 1.95 bits per heavy atom. The van der Waals surface area contributed by atoms with E-state index >= 15 is 0 Å². The molecule has 0 fully saturated rings. The van der Waals surface area contributed by atoms with Crippen LogP contribution >= 0.6 is 11.8 Å². The van der Waals surface area contributed by atoms with Gasteiger partial charge in [-0.1, -0.05) is 20.8 Å². The van der Waals surface area contributed by atoms with Crippen molar-refractivity contribution in [3.05, 3.63) is 0 Å². The zero-order valence-corrected chi connectivity index (χ0v) is 16.1. The van der Waals surface area contributed by atoms with E-state index in [1.165, 1.54) is 0 Å². The summed E-state index contributed by atoms with van der Waals surface area (Å²) in [6, 6.07) is 0.328. The minimum atomic E-state index is 0.00770. The molecule has 1 amide bonds. The second-order valence-electron chi connectivity index (χ2n) is 7.02. The van der Waals surface area contributed by atoms with Crippen LogP contribution in [0.15, 0.2) is 4.99 Å². The van der Waals surface area contributed by atoms with Gasteiger partial charge in [-0.05, 0) is 31.4 Å². The Bertz CT molecular complexity index is 351. The molecular formula is C16H34N4OS. The average Bonchev–Trinajstić information content (AvgIpc) is 2.41. The Hall–Kier alpha value is -0.910. The molecule has 0 aliphatic rings. The number of amides is 1. The Kier molecular flexibility index (Phi) is 10.3. The number of nitrogens with zero attached hydrogens (tertiary/aromatic N) is 2. The molecule has 0 aliphatic heterocycles. The second-order valence-corrected chi connectivity index (χ2v) is 8.00. The van der Waals surface area contributed by atoms with Gasteiger partial charge in [-0.15, -0.1) is 0 Å². The molecule has 5 nitrogen and oxygen atoms in total. The van der Waals surface area contributed by atoms with Crippen molar-refractivity contribution in [2.45, 2.75) is 46.6 Å². The van der Waals surface area contributed by atoms with Crippen LogP contribution in [-0.4, -0.2) is 62.0 Å². The van der Waals surface area contributed by atoms with E-state index in [1.807, 2.05) is 0 Å². The average molecular weight is 331 g/mol. The van der Waals surface area contributed by atoms with E-state index in [-0.39, 0.29) is 12.5 Å². The van der Waals surface area contributed by atoms with E-state index in [1.54, 1.807) is 30.8 Å². The van der Waals surface area contributed by atoms with E-state index in [0.29, 0.717) is 11.5 Å². The van der Waals surface area contributed by atoms with Gasteiger partial charge in [-0.25, -0.2) is 4.99 Å². The zero-order valence-electron chi connectivity index (χ0n) is 15.3. The molecule has 0 bridgehead atoms. The molecule has 0 aliphatic carbocycles. The van der Waals surface area contributed by atoms with Crippen LogP contribution in [0.2, 0.25) is 0 Å². The van der Waals surface area contributed by atoms with Crippen molar-refractivity contribution >= 4 is 23.6 Å². The molecule has 6 heteroatoms. The summed E-state index contributed by atoms with van der Waals surface area (Å²) < 4.78 is 0. The highest BCUT2D eigenvalue weighted by molar-refractivity contribution is 7.98. The number of aliphatic imine (C=N–C) groups is 1. The summed E-state index contributed by atoms with van der Waals surface area (Å²) in [6.45, 7) is 9.93. The number of carbonyl (C=O) groups is 1. The normalized spacial score (nSPS) is 13.7. The van der Waals surface area contributed by atoms with Gasteiger partial charge in [-0.3, -0.25) is 4.79 Å². The lowest BCUT2D eigenvalue weighted by Gasteiger charge is -2.23. The fourth-order valence-electron chi connectivity index (χ4n) is 1.67. The molecule has 0 radical (unpaired) electrons. The predicted octanol–water partition coefficient (Wildman–Crippen LogP) is 2.19. The summed E-state index contributed by atoms with van der Waals surface area (Å²) in [7, 11) is 3.50. The first-order valence-electron chi connectivity index (χ1n) is 7.89. The molecule has 0 aromatic carbocycles. The van der Waals surface area contributed by atoms with E-state index in [0.717, 1.165) is 31.1 Å². The highest BCUT2D eigenvalue weighted by Gasteiger charge is 2.13. The lowest BCUT2D eigenvalue weighted by Crippen LogP contribution is -2.44. The summed E-state index contributed by atoms with van der Waals surface area (Å²) in [6.07, 6.45) is 4.30. The maximum atomic E-state index is 11.7. The van der Waals surface area contributed by atoms with Crippen molar-refractivity contribution in [2.75, 3.05) is 39.2 Å². The van der Waals surface area contributed by atoms with Gasteiger partial charge >= 0.3 is 0 Å². The third kappa shape index (κ3) is 11.7.